The Hall–Kier alpha value is -1.79. The van der Waals surface area contributed by atoms with Crippen LogP contribution in [-0.4, -0.2) is 36.8 Å². The summed E-state index contributed by atoms with van der Waals surface area (Å²) in [5.74, 6) is -0.446. The van der Waals surface area contributed by atoms with Crippen molar-refractivity contribution < 1.29 is 19.2 Å². The van der Waals surface area contributed by atoms with E-state index in [1.807, 2.05) is 6.92 Å². The second-order valence-electron chi connectivity index (χ2n) is 6.11. The van der Waals surface area contributed by atoms with Gasteiger partial charge in [0.05, 0.1) is 7.11 Å². The smallest absolute Gasteiger partial charge is 0.408 e. The molecule has 0 fully saturated rings. The maximum Gasteiger partial charge on any atom is 0.408 e. The molecule has 1 aromatic rings. The number of alkyl carbamates (subject to hydrolysis) is 1. The molecule has 0 aliphatic heterocycles. The van der Waals surface area contributed by atoms with Crippen molar-refractivity contribution in [2.24, 2.45) is 0 Å². The van der Waals surface area contributed by atoms with Gasteiger partial charge in [0.1, 0.15) is 11.6 Å². The summed E-state index contributed by atoms with van der Waals surface area (Å²) in [6.45, 7) is 7.08. The number of hydrogen-bond acceptors (Lipinski definition) is 4. The number of aryl methyl sites for hydroxylation is 1. The van der Waals surface area contributed by atoms with Crippen LogP contribution in [0.4, 0.5) is 4.79 Å². The minimum atomic E-state index is -0.965. The van der Waals surface area contributed by atoms with Gasteiger partial charge in [0.25, 0.3) is 5.91 Å². The lowest BCUT2D eigenvalue weighted by molar-refractivity contribution is -0.171. The van der Waals surface area contributed by atoms with E-state index in [-0.39, 0.29) is 0 Å². The Labute approximate surface area is 141 Å². The molecule has 0 heterocycles. The standard InChI is InChI=1S/C16H23ClN2O4/c1-10-7-8-11(9-12(10)17)13(14(20)19(5)22-6)18-15(21)23-16(2,3)4/h7-9,13H,1-6H3,(H,18,21). The highest BCUT2D eigenvalue weighted by Gasteiger charge is 2.28. The number of hydroxylamine groups is 2. The summed E-state index contributed by atoms with van der Waals surface area (Å²) in [6, 6.07) is 4.18. The molecule has 128 valence electrons. The van der Waals surface area contributed by atoms with E-state index in [9.17, 15) is 9.59 Å². The first-order valence-electron chi connectivity index (χ1n) is 7.12. The number of amides is 2. The summed E-state index contributed by atoms with van der Waals surface area (Å²) >= 11 is 6.12. The van der Waals surface area contributed by atoms with Crippen molar-refractivity contribution in [2.75, 3.05) is 14.2 Å². The number of nitrogens with zero attached hydrogens (tertiary/aromatic N) is 1. The van der Waals surface area contributed by atoms with Crippen LogP contribution in [0.15, 0.2) is 18.2 Å². The van der Waals surface area contributed by atoms with Crippen LogP contribution in [0.25, 0.3) is 0 Å². The third-order valence-corrected chi connectivity index (χ3v) is 3.43. The molecule has 0 saturated heterocycles. The number of carbonyl (C=O) groups excluding carboxylic acids is 2. The molecule has 6 nitrogen and oxygen atoms in total. The van der Waals surface area contributed by atoms with Crippen LogP contribution >= 0.6 is 11.6 Å². The molecule has 1 N–H and O–H groups in total. The van der Waals surface area contributed by atoms with Crippen LogP contribution in [0.2, 0.25) is 5.02 Å². The van der Waals surface area contributed by atoms with Gasteiger partial charge in [0, 0.05) is 12.1 Å². The van der Waals surface area contributed by atoms with Gasteiger partial charge in [-0.05, 0) is 44.9 Å². The number of ether oxygens (including phenoxy) is 1. The first kappa shape index (κ1) is 19.3. The van der Waals surface area contributed by atoms with Crippen LogP contribution in [-0.2, 0) is 14.4 Å². The van der Waals surface area contributed by atoms with Crippen LogP contribution < -0.4 is 5.32 Å². The van der Waals surface area contributed by atoms with Gasteiger partial charge in [-0.1, -0.05) is 23.7 Å². The lowest BCUT2D eigenvalue weighted by Gasteiger charge is -2.25. The Morgan fingerprint density at radius 1 is 1.30 bits per heavy atom. The fourth-order valence-electron chi connectivity index (χ4n) is 1.77. The van der Waals surface area contributed by atoms with Gasteiger partial charge < -0.3 is 10.1 Å². The molecule has 0 radical (unpaired) electrons. The van der Waals surface area contributed by atoms with Crippen LogP contribution in [0.3, 0.4) is 0 Å². The Bertz CT molecular complexity index is 584. The van der Waals surface area contributed by atoms with E-state index < -0.39 is 23.6 Å². The Balaban J connectivity index is 3.09. The van der Waals surface area contributed by atoms with E-state index in [0.29, 0.717) is 10.6 Å². The monoisotopic (exact) mass is 342 g/mol. The third-order valence-electron chi connectivity index (χ3n) is 3.02. The van der Waals surface area contributed by atoms with Gasteiger partial charge in [-0.2, -0.15) is 0 Å². The molecule has 7 heteroatoms. The maximum atomic E-state index is 12.5. The largest absolute Gasteiger partial charge is 0.444 e. The van der Waals surface area contributed by atoms with Crippen molar-refractivity contribution in [1.82, 2.24) is 10.4 Å². The van der Waals surface area contributed by atoms with Crippen molar-refractivity contribution in [3.8, 4) is 0 Å². The summed E-state index contributed by atoms with van der Waals surface area (Å²) in [4.78, 5) is 29.4. The fourth-order valence-corrected chi connectivity index (χ4v) is 1.96. The molecular weight excluding hydrogens is 320 g/mol. The Morgan fingerprint density at radius 3 is 2.39 bits per heavy atom. The minimum Gasteiger partial charge on any atom is -0.444 e. The quantitative estimate of drug-likeness (QED) is 0.853. The number of likely N-dealkylation sites (N-methyl/N-ethyl adjacent to an activating group) is 1. The van der Waals surface area contributed by atoms with E-state index in [1.54, 1.807) is 39.0 Å². The molecule has 2 amide bonds. The lowest BCUT2D eigenvalue weighted by Crippen LogP contribution is -2.42. The van der Waals surface area contributed by atoms with Gasteiger partial charge >= 0.3 is 6.09 Å². The first-order chi connectivity index (χ1) is 10.5. The molecule has 0 bridgehead atoms. The van der Waals surface area contributed by atoms with Crippen molar-refractivity contribution in [2.45, 2.75) is 39.3 Å². The zero-order valence-corrected chi connectivity index (χ0v) is 15.0. The molecule has 1 unspecified atom stereocenters. The molecule has 1 atom stereocenters. The predicted molar refractivity (Wildman–Crippen MR) is 88.1 cm³/mol. The highest BCUT2D eigenvalue weighted by atomic mass is 35.5. The number of carbonyl (C=O) groups is 2. The van der Waals surface area contributed by atoms with E-state index in [4.69, 9.17) is 21.2 Å². The van der Waals surface area contributed by atoms with Crippen LogP contribution in [0.5, 0.6) is 0 Å². The van der Waals surface area contributed by atoms with Crippen LogP contribution in [0, 0.1) is 6.92 Å². The molecule has 0 saturated carbocycles. The van der Waals surface area contributed by atoms with Gasteiger partial charge in [-0.25, -0.2) is 9.86 Å². The lowest BCUT2D eigenvalue weighted by atomic mass is 10.0. The van der Waals surface area contributed by atoms with E-state index >= 15 is 0 Å². The summed E-state index contributed by atoms with van der Waals surface area (Å²) in [5.41, 5.74) is 0.745. The van der Waals surface area contributed by atoms with Gasteiger partial charge in [0.2, 0.25) is 0 Å². The Morgan fingerprint density at radius 2 is 1.91 bits per heavy atom. The molecule has 1 aromatic carbocycles. The summed E-state index contributed by atoms with van der Waals surface area (Å²) in [6.07, 6.45) is -0.697. The van der Waals surface area contributed by atoms with Crippen molar-refractivity contribution in [1.29, 1.82) is 0 Å². The molecule has 0 spiro atoms. The summed E-state index contributed by atoms with van der Waals surface area (Å²) < 4.78 is 5.21. The maximum absolute atomic E-state index is 12.5. The highest BCUT2D eigenvalue weighted by Crippen LogP contribution is 2.23. The highest BCUT2D eigenvalue weighted by molar-refractivity contribution is 6.31. The van der Waals surface area contributed by atoms with Crippen molar-refractivity contribution >= 4 is 23.6 Å². The summed E-state index contributed by atoms with van der Waals surface area (Å²) in [7, 11) is 2.83. The first-order valence-corrected chi connectivity index (χ1v) is 7.50. The zero-order valence-electron chi connectivity index (χ0n) is 14.3. The average Bonchev–Trinajstić information content (AvgIpc) is 2.44. The molecule has 0 aliphatic carbocycles. The Kier molecular flexibility index (Phi) is 6.41. The molecular formula is C16H23ClN2O4. The van der Waals surface area contributed by atoms with Gasteiger partial charge in [0.15, 0.2) is 0 Å². The van der Waals surface area contributed by atoms with E-state index in [1.165, 1.54) is 14.2 Å². The molecule has 0 aromatic heterocycles. The van der Waals surface area contributed by atoms with Crippen molar-refractivity contribution in [3.63, 3.8) is 0 Å². The minimum absolute atomic E-state index is 0.446. The second-order valence-corrected chi connectivity index (χ2v) is 6.51. The number of halogens is 1. The number of rotatable bonds is 4. The SMILES string of the molecule is CON(C)C(=O)C(NC(=O)OC(C)(C)C)c1ccc(C)c(Cl)c1. The van der Waals surface area contributed by atoms with Gasteiger partial charge in [-0.15, -0.1) is 0 Å². The third kappa shape index (κ3) is 5.73. The second kappa shape index (κ2) is 7.66. The molecule has 0 aliphatic rings. The predicted octanol–water partition coefficient (Wildman–Crippen LogP) is 3.23. The number of benzene rings is 1. The fraction of sp³-hybridized carbons (Fsp3) is 0.500. The van der Waals surface area contributed by atoms with Gasteiger partial charge in [-0.3, -0.25) is 9.63 Å². The topological polar surface area (TPSA) is 67.9 Å². The van der Waals surface area contributed by atoms with Crippen molar-refractivity contribution in [3.05, 3.63) is 34.3 Å². The summed E-state index contributed by atoms with van der Waals surface area (Å²) in [5, 5.41) is 4.10. The van der Waals surface area contributed by atoms with Crippen LogP contribution in [0.1, 0.15) is 37.9 Å². The average molecular weight is 343 g/mol. The molecule has 1 rings (SSSR count). The number of hydrogen-bond donors (Lipinski definition) is 1. The zero-order chi connectivity index (χ0) is 17.8. The number of nitrogens with one attached hydrogen (secondary N) is 1. The van der Waals surface area contributed by atoms with E-state index in [0.717, 1.165) is 10.6 Å². The van der Waals surface area contributed by atoms with E-state index in [2.05, 4.69) is 5.32 Å². The normalized spacial score (nSPS) is 12.5. The molecule has 23 heavy (non-hydrogen) atoms.